The third-order valence-electron chi connectivity index (χ3n) is 4.38. The van der Waals surface area contributed by atoms with Crippen LogP contribution in [0.25, 0.3) is 0 Å². The van der Waals surface area contributed by atoms with Gasteiger partial charge in [0.15, 0.2) is 0 Å². The monoisotopic (exact) mass is 375 g/mol. The molecule has 0 aliphatic heterocycles. The number of nitrogens with zero attached hydrogens (tertiary/aromatic N) is 2. The average molecular weight is 375 g/mol. The van der Waals surface area contributed by atoms with E-state index in [-0.39, 0.29) is 5.91 Å². The number of nitrogens with one attached hydrogen (secondary N) is 1. The fourth-order valence-corrected chi connectivity index (χ4v) is 2.90. The lowest BCUT2D eigenvalue weighted by Crippen LogP contribution is -2.29. The summed E-state index contributed by atoms with van der Waals surface area (Å²) in [6, 6.07) is 21.1. The van der Waals surface area contributed by atoms with E-state index < -0.39 is 0 Å². The van der Waals surface area contributed by atoms with Gasteiger partial charge >= 0.3 is 0 Å². The maximum Gasteiger partial charge on any atom is 0.251 e. The lowest BCUT2D eigenvalue weighted by atomic mass is 10.2. The first-order chi connectivity index (χ1) is 13.8. The van der Waals surface area contributed by atoms with Crippen LogP contribution in [0.4, 0.5) is 5.69 Å². The molecular weight excluding hydrogens is 350 g/mol. The maximum atomic E-state index is 12.3. The van der Waals surface area contributed by atoms with Gasteiger partial charge in [0.1, 0.15) is 11.5 Å². The van der Waals surface area contributed by atoms with Crippen LogP contribution >= 0.6 is 0 Å². The summed E-state index contributed by atoms with van der Waals surface area (Å²) in [5, 5.41) is 2.98. The Balaban J connectivity index is 1.44. The molecule has 144 valence electrons. The van der Waals surface area contributed by atoms with Gasteiger partial charge < -0.3 is 15.0 Å². The second-order valence-electron chi connectivity index (χ2n) is 6.34. The molecule has 3 rings (SSSR count). The molecule has 0 saturated carbocycles. The molecule has 1 heterocycles. The highest BCUT2D eigenvalue weighted by Gasteiger charge is 2.07. The minimum atomic E-state index is -0.0734. The van der Waals surface area contributed by atoms with Crippen LogP contribution in [-0.2, 0) is 0 Å². The number of hydrogen-bond donors (Lipinski definition) is 1. The minimum absolute atomic E-state index is 0.0734. The molecule has 0 radical (unpaired) electrons. The van der Waals surface area contributed by atoms with Crippen LogP contribution in [0.1, 0.15) is 23.7 Å². The van der Waals surface area contributed by atoms with Crippen molar-refractivity contribution in [3.05, 3.63) is 84.7 Å². The predicted octanol–water partition coefficient (Wildman–Crippen LogP) is 4.52. The molecule has 0 fully saturated rings. The van der Waals surface area contributed by atoms with Gasteiger partial charge in [0.2, 0.25) is 0 Å². The third-order valence-corrected chi connectivity index (χ3v) is 4.38. The Morgan fingerprint density at radius 1 is 1.00 bits per heavy atom. The van der Waals surface area contributed by atoms with Gasteiger partial charge in [0.25, 0.3) is 5.91 Å². The fourth-order valence-electron chi connectivity index (χ4n) is 2.90. The van der Waals surface area contributed by atoms with Crippen LogP contribution in [-0.4, -0.2) is 30.5 Å². The first-order valence-corrected chi connectivity index (χ1v) is 9.52. The Morgan fingerprint density at radius 3 is 2.46 bits per heavy atom. The van der Waals surface area contributed by atoms with Gasteiger partial charge in [-0.15, -0.1) is 0 Å². The van der Waals surface area contributed by atoms with Crippen molar-refractivity contribution in [1.29, 1.82) is 0 Å². The number of amides is 1. The Hall–Kier alpha value is -3.34. The zero-order chi connectivity index (χ0) is 19.6. The highest BCUT2D eigenvalue weighted by Crippen LogP contribution is 2.20. The van der Waals surface area contributed by atoms with E-state index in [1.807, 2.05) is 30.3 Å². The minimum Gasteiger partial charge on any atom is -0.456 e. The van der Waals surface area contributed by atoms with Gasteiger partial charge in [0.05, 0.1) is 6.20 Å². The van der Waals surface area contributed by atoms with Crippen molar-refractivity contribution < 1.29 is 9.53 Å². The largest absolute Gasteiger partial charge is 0.456 e. The maximum absolute atomic E-state index is 12.3. The van der Waals surface area contributed by atoms with Crippen molar-refractivity contribution in [1.82, 2.24) is 10.3 Å². The van der Waals surface area contributed by atoms with E-state index in [0.717, 1.165) is 19.5 Å². The van der Waals surface area contributed by atoms with Crippen LogP contribution in [0, 0.1) is 0 Å². The van der Waals surface area contributed by atoms with Gasteiger partial charge in [-0.1, -0.05) is 18.2 Å². The van der Waals surface area contributed by atoms with Gasteiger partial charge in [-0.2, -0.15) is 0 Å². The normalized spacial score (nSPS) is 10.3. The van der Waals surface area contributed by atoms with Crippen molar-refractivity contribution >= 4 is 11.6 Å². The van der Waals surface area contributed by atoms with Crippen LogP contribution in [0.15, 0.2) is 79.1 Å². The molecule has 3 aromatic rings. The summed E-state index contributed by atoms with van der Waals surface area (Å²) in [7, 11) is 0. The zero-order valence-corrected chi connectivity index (χ0v) is 16.0. The lowest BCUT2D eigenvalue weighted by Gasteiger charge is -2.23. The van der Waals surface area contributed by atoms with E-state index in [9.17, 15) is 4.79 Å². The van der Waals surface area contributed by atoms with Crippen LogP contribution < -0.4 is 15.0 Å². The van der Waals surface area contributed by atoms with Crippen LogP contribution in [0.3, 0.4) is 0 Å². The Kier molecular flexibility index (Phi) is 7.01. The summed E-state index contributed by atoms with van der Waals surface area (Å²) in [4.78, 5) is 18.6. The smallest absolute Gasteiger partial charge is 0.251 e. The molecule has 0 aliphatic carbocycles. The van der Waals surface area contributed by atoms with Crippen LogP contribution in [0.5, 0.6) is 11.5 Å². The van der Waals surface area contributed by atoms with Crippen molar-refractivity contribution in [2.24, 2.45) is 0 Å². The lowest BCUT2D eigenvalue weighted by molar-refractivity contribution is 0.0953. The number of anilines is 1. The number of carbonyl (C=O) groups excluding carboxylic acids is 1. The first-order valence-electron chi connectivity index (χ1n) is 9.52. The molecule has 0 unspecified atom stereocenters. The average Bonchev–Trinajstić information content (AvgIpc) is 2.75. The molecular formula is C23H25N3O2. The predicted molar refractivity (Wildman–Crippen MR) is 112 cm³/mol. The molecule has 2 aromatic carbocycles. The van der Waals surface area contributed by atoms with Gasteiger partial charge in [-0.25, -0.2) is 0 Å². The number of carbonyl (C=O) groups is 1. The second kappa shape index (κ2) is 10.1. The molecule has 1 aromatic heterocycles. The molecule has 1 N–H and O–H groups in total. The second-order valence-corrected chi connectivity index (χ2v) is 6.34. The van der Waals surface area contributed by atoms with Gasteiger partial charge in [-0.3, -0.25) is 9.78 Å². The quantitative estimate of drug-likeness (QED) is 0.559. The van der Waals surface area contributed by atoms with Crippen molar-refractivity contribution in [3.8, 4) is 11.5 Å². The number of ether oxygens (including phenoxy) is 1. The highest BCUT2D eigenvalue weighted by molar-refractivity contribution is 5.94. The zero-order valence-electron chi connectivity index (χ0n) is 16.0. The standard InChI is InChI=1S/C23H25N3O2/c1-2-26(20-8-4-3-5-9-20)17-7-16-25-23(27)19-11-13-21(14-12-19)28-22-10-6-15-24-18-22/h3-6,8-15,18H,2,7,16-17H2,1H3,(H,25,27). The molecule has 28 heavy (non-hydrogen) atoms. The number of rotatable bonds is 9. The van der Waals surface area contributed by atoms with Crippen molar-refractivity contribution in [3.63, 3.8) is 0 Å². The molecule has 0 spiro atoms. The molecule has 0 atom stereocenters. The summed E-state index contributed by atoms with van der Waals surface area (Å²) >= 11 is 0. The molecule has 0 saturated heterocycles. The Bertz CT molecular complexity index is 852. The number of pyridine rings is 1. The highest BCUT2D eigenvalue weighted by atomic mass is 16.5. The summed E-state index contributed by atoms with van der Waals surface area (Å²) < 4.78 is 5.69. The summed E-state index contributed by atoms with van der Waals surface area (Å²) in [5.41, 5.74) is 1.83. The fraction of sp³-hybridized carbons (Fsp3) is 0.217. The van der Waals surface area contributed by atoms with Gasteiger partial charge in [-0.05, 0) is 61.9 Å². The van der Waals surface area contributed by atoms with E-state index in [4.69, 9.17) is 4.74 Å². The van der Waals surface area contributed by atoms with Crippen LogP contribution in [0.2, 0.25) is 0 Å². The molecule has 1 amide bonds. The summed E-state index contributed by atoms with van der Waals surface area (Å²) in [6.45, 7) is 4.62. The first kappa shape index (κ1) is 19.4. The number of benzene rings is 2. The number of hydrogen-bond acceptors (Lipinski definition) is 4. The van der Waals surface area contributed by atoms with E-state index in [0.29, 0.717) is 23.6 Å². The SMILES string of the molecule is CCN(CCCNC(=O)c1ccc(Oc2cccnc2)cc1)c1ccccc1. The van der Waals surface area contributed by atoms with Gasteiger partial charge in [0, 0.05) is 37.1 Å². The Labute approximate surface area is 166 Å². The summed E-state index contributed by atoms with van der Waals surface area (Å²) in [6.07, 6.45) is 4.23. The molecule has 5 nitrogen and oxygen atoms in total. The number of aromatic nitrogens is 1. The molecule has 0 bridgehead atoms. The van der Waals surface area contributed by atoms with E-state index >= 15 is 0 Å². The Morgan fingerprint density at radius 2 is 1.79 bits per heavy atom. The van der Waals surface area contributed by atoms with Crippen molar-refractivity contribution in [2.75, 3.05) is 24.5 Å². The van der Waals surface area contributed by atoms with Crippen molar-refractivity contribution in [2.45, 2.75) is 13.3 Å². The number of para-hydroxylation sites is 1. The molecule has 5 heteroatoms. The molecule has 0 aliphatic rings. The van der Waals surface area contributed by atoms with E-state index in [1.165, 1.54) is 5.69 Å². The third kappa shape index (κ3) is 5.58. The summed E-state index contributed by atoms with van der Waals surface area (Å²) in [5.74, 6) is 1.26. The van der Waals surface area contributed by atoms with E-state index in [2.05, 4.69) is 34.3 Å². The van der Waals surface area contributed by atoms with E-state index in [1.54, 1.807) is 36.7 Å². The topological polar surface area (TPSA) is 54.5 Å².